The molecule has 3 nitrogen and oxygen atoms in total. The maximum absolute atomic E-state index is 5.90. The van der Waals surface area contributed by atoms with Crippen LogP contribution >= 0.6 is 34.5 Å². The van der Waals surface area contributed by atoms with Crippen molar-refractivity contribution in [1.29, 1.82) is 0 Å². The number of hydrogen-bond acceptors (Lipinski definition) is 3. The fourth-order valence-electron chi connectivity index (χ4n) is 1.61. The SMILES string of the molecule is Clc1cc2[nH]c(Cc3cccs3)nc2nc1Cl. The van der Waals surface area contributed by atoms with Crippen LogP contribution in [0.3, 0.4) is 0 Å². The first-order chi connectivity index (χ1) is 8.22. The second kappa shape index (κ2) is 4.29. The van der Waals surface area contributed by atoms with E-state index in [0.29, 0.717) is 10.7 Å². The van der Waals surface area contributed by atoms with E-state index in [1.54, 1.807) is 17.4 Å². The van der Waals surface area contributed by atoms with Crippen molar-refractivity contribution < 1.29 is 0 Å². The lowest BCUT2D eigenvalue weighted by atomic mass is 10.3. The number of hydrogen-bond donors (Lipinski definition) is 1. The second-order valence-electron chi connectivity index (χ2n) is 3.57. The molecule has 0 aliphatic heterocycles. The third-order valence-electron chi connectivity index (χ3n) is 2.35. The van der Waals surface area contributed by atoms with Gasteiger partial charge in [0.25, 0.3) is 0 Å². The van der Waals surface area contributed by atoms with Crippen LogP contribution < -0.4 is 0 Å². The fourth-order valence-corrected chi connectivity index (χ4v) is 2.60. The Kier molecular flexibility index (Phi) is 2.78. The molecule has 3 heterocycles. The number of imidazole rings is 1. The molecule has 0 aromatic carbocycles. The van der Waals surface area contributed by atoms with Gasteiger partial charge >= 0.3 is 0 Å². The highest BCUT2D eigenvalue weighted by molar-refractivity contribution is 7.09. The number of nitrogens with one attached hydrogen (secondary N) is 1. The van der Waals surface area contributed by atoms with Gasteiger partial charge in [-0.05, 0) is 17.5 Å². The van der Waals surface area contributed by atoms with Crippen LogP contribution in [0.2, 0.25) is 10.2 Å². The molecule has 0 saturated carbocycles. The molecule has 0 aliphatic rings. The lowest BCUT2D eigenvalue weighted by Crippen LogP contribution is -1.86. The Balaban J connectivity index is 2.02. The number of thiophene rings is 1. The van der Waals surface area contributed by atoms with Crippen LogP contribution in [0.4, 0.5) is 0 Å². The molecule has 0 bridgehead atoms. The van der Waals surface area contributed by atoms with Gasteiger partial charge in [-0.25, -0.2) is 9.97 Å². The number of aromatic amines is 1. The predicted octanol–water partition coefficient (Wildman–Crippen LogP) is 3.92. The van der Waals surface area contributed by atoms with Crippen LogP contribution in [0.25, 0.3) is 11.2 Å². The maximum Gasteiger partial charge on any atom is 0.179 e. The van der Waals surface area contributed by atoms with Gasteiger partial charge in [-0.2, -0.15) is 0 Å². The van der Waals surface area contributed by atoms with Crippen LogP contribution in [0.15, 0.2) is 23.6 Å². The standard InChI is InChI=1S/C11H7Cl2N3S/c12-7-5-8-11(16-10(7)13)15-9(14-8)4-6-2-1-3-17-6/h1-3,5H,4H2,(H,14,15,16). The number of rotatable bonds is 2. The first-order valence-corrected chi connectivity index (χ1v) is 6.59. The Morgan fingerprint density at radius 3 is 2.94 bits per heavy atom. The highest BCUT2D eigenvalue weighted by Crippen LogP contribution is 2.24. The first kappa shape index (κ1) is 11.0. The predicted molar refractivity (Wildman–Crippen MR) is 71.0 cm³/mol. The third-order valence-corrected chi connectivity index (χ3v) is 3.90. The molecule has 3 aromatic rings. The van der Waals surface area contributed by atoms with Crippen LogP contribution in [-0.4, -0.2) is 15.0 Å². The summed E-state index contributed by atoms with van der Waals surface area (Å²) >= 11 is 13.4. The molecular weight excluding hydrogens is 277 g/mol. The largest absolute Gasteiger partial charge is 0.340 e. The summed E-state index contributed by atoms with van der Waals surface area (Å²) in [5.74, 6) is 0.869. The molecule has 1 N–H and O–H groups in total. The van der Waals surface area contributed by atoms with Crippen LogP contribution in [0.5, 0.6) is 0 Å². The van der Waals surface area contributed by atoms with Gasteiger partial charge in [0.2, 0.25) is 0 Å². The third kappa shape index (κ3) is 2.16. The fraction of sp³-hybridized carbons (Fsp3) is 0.0909. The highest BCUT2D eigenvalue weighted by Gasteiger charge is 2.08. The molecule has 0 spiro atoms. The average Bonchev–Trinajstić information content (AvgIpc) is 2.89. The minimum Gasteiger partial charge on any atom is -0.340 e. The van der Waals surface area contributed by atoms with Gasteiger partial charge in [0.15, 0.2) is 5.65 Å². The molecule has 0 fully saturated rings. The van der Waals surface area contributed by atoms with E-state index in [2.05, 4.69) is 21.0 Å². The Hall–Kier alpha value is -1.10. The zero-order valence-corrected chi connectivity index (χ0v) is 10.9. The van der Waals surface area contributed by atoms with Crippen LogP contribution in [0.1, 0.15) is 10.7 Å². The minimum absolute atomic E-state index is 0.286. The van der Waals surface area contributed by atoms with Gasteiger partial charge in [-0.3, -0.25) is 0 Å². The van der Waals surface area contributed by atoms with Crippen molar-refractivity contribution >= 4 is 45.7 Å². The maximum atomic E-state index is 5.90. The van der Waals surface area contributed by atoms with Gasteiger partial charge in [0.05, 0.1) is 10.5 Å². The van der Waals surface area contributed by atoms with E-state index in [0.717, 1.165) is 17.8 Å². The summed E-state index contributed by atoms with van der Waals surface area (Å²) in [6.07, 6.45) is 0.767. The van der Waals surface area contributed by atoms with E-state index in [9.17, 15) is 0 Å². The number of nitrogens with zero attached hydrogens (tertiary/aromatic N) is 2. The summed E-state index contributed by atoms with van der Waals surface area (Å²) in [7, 11) is 0. The summed E-state index contributed by atoms with van der Waals surface area (Å²) in [5.41, 5.74) is 1.41. The molecule has 0 amide bonds. The lowest BCUT2D eigenvalue weighted by molar-refractivity contribution is 1.05. The summed E-state index contributed by atoms with van der Waals surface area (Å²) in [4.78, 5) is 12.9. The Labute approximate surface area is 111 Å². The Morgan fingerprint density at radius 2 is 2.18 bits per heavy atom. The minimum atomic E-state index is 0.286. The van der Waals surface area contributed by atoms with E-state index in [4.69, 9.17) is 23.2 Å². The monoisotopic (exact) mass is 283 g/mol. The average molecular weight is 284 g/mol. The number of fused-ring (bicyclic) bond motifs is 1. The number of pyridine rings is 1. The van der Waals surface area contributed by atoms with Crippen molar-refractivity contribution in [1.82, 2.24) is 15.0 Å². The zero-order valence-electron chi connectivity index (χ0n) is 8.58. The van der Waals surface area contributed by atoms with Gasteiger partial charge < -0.3 is 4.98 Å². The van der Waals surface area contributed by atoms with Crippen molar-refractivity contribution in [2.45, 2.75) is 6.42 Å². The van der Waals surface area contributed by atoms with Gasteiger partial charge in [0.1, 0.15) is 11.0 Å². The number of H-pyrrole nitrogens is 1. The molecule has 0 aliphatic carbocycles. The summed E-state index contributed by atoms with van der Waals surface area (Å²) in [6, 6.07) is 5.84. The highest BCUT2D eigenvalue weighted by atomic mass is 35.5. The van der Waals surface area contributed by atoms with E-state index >= 15 is 0 Å². The summed E-state index contributed by atoms with van der Waals surface area (Å²) < 4.78 is 0. The summed E-state index contributed by atoms with van der Waals surface area (Å²) in [6.45, 7) is 0. The normalized spacial score (nSPS) is 11.2. The van der Waals surface area contributed by atoms with Crippen molar-refractivity contribution in [3.63, 3.8) is 0 Å². The van der Waals surface area contributed by atoms with Crippen molar-refractivity contribution in [2.75, 3.05) is 0 Å². The molecule has 0 saturated heterocycles. The van der Waals surface area contributed by atoms with Crippen LogP contribution in [-0.2, 0) is 6.42 Å². The zero-order chi connectivity index (χ0) is 11.8. The first-order valence-electron chi connectivity index (χ1n) is 4.95. The molecular formula is C11H7Cl2N3S. The van der Waals surface area contributed by atoms with E-state index < -0.39 is 0 Å². The molecule has 17 heavy (non-hydrogen) atoms. The van der Waals surface area contributed by atoms with Crippen molar-refractivity contribution in [2.24, 2.45) is 0 Å². The Bertz CT molecular complexity index is 622. The molecule has 0 atom stereocenters. The molecule has 86 valence electrons. The molecule has 0 unspecified atom stereocenters. The lowest BCUT2D eigenvalue weighted by Gasteiger charge is -1.92. The number of halogens is 2. The second-order valence-corrected chi connectivity index (χ2v) is 5.37. The molecule has 3 rings (SSSR count). The van der Waals surface area contributed by atoms with E-state index in [-0.39, 0.29) is 5.15 Å². The van der Waals surface area contributed by atoms with Gasteiger partial charge in [-0.1, -0.05) is 29.3 Å². The van der Waals surface area contributed by atoms with E-state index in [1.807, 2.05) is 11.4 Å². The quantitative estimate of drug-likeness (QED) is 0.725. The van der Waals surface area contributed by atoms with E-state index in [1.165, 1.54) is 4.88 Å². The molecule has 0 radical (unpaired) electrons. The smallest absolute Gasteiger partial charge is 0.179 e. The molecule has 3 aromatic heterocycles. The number of aromatic nitrogens is 3. The van der Waals surface area contributed by atoms with Crippen molar-refractivity contribution in [3.05, 3.63) is 44.5 Å². The van der Waals surface area contributed by atoms with Crippen molar-refractivity contribution in [3.8, 4) is 0 Å². The topological polar surface area (TPSA) is 41.6 Å². The summed E-state index contributed by atoms with van der Waals surface area (Å²) in [5, 5.41) is 2.77. The van der Waals surface area contributed by atoms with Gasteiger partial charge in [0, 0.05) is 11.3 Å². The Morgan fingerprint density at radius 1 is 1.29 bits per heavy atom. The van der Waals surface area contributed by atoms with Gasteiger partial charge in [-0.15, -0.1) is 11.3 Å². The molecule has 6 heteroatoms. The van der Waals surface area contributed by atoms with Crippen LogP contribution in [0, 0.1) is 0 Å².